The molecule has 1 aromatic carbocycles. The Morgan fingerprint density at radius 2 is 2.11 bits per heavy atom. The molecule has 5 heteroatoms. The van der Waals surface area contributed by atoms with E-state index in [1.165, 1.54) is 0 Å². The van der Waals surface area contributed by atoms with Gasteiger partial charge in [-0.1, -0.05) is 0 Å². The Labute approximate surface area is 115 Å². The minimum absolute atomic E-state index is 0.0417. The van der Waals surface area contributed by atoms with Crippen molar-refractivity contribution in [2.75, 3.05) is 7.11 Å². The maximum absolute atomic E-state index is 10.6. The third-order valence-corrected chi connectivity index (χ3v) is 2.86. The zero-order chi connectivity index (χ0) is 13.7. The molecule has 0 radical (unpaired) electrons. The van der Waals surface area contributed by atoms with Crippen LogP contribution < -0.4 is 9.47 Å². The number of aryl methyl sites for hydroxylation is 1. The molecular weight excluding hydrogens is 300 g/mol. The van der Waals surface area contributed by atoms with Gasteiger partial charge in [0.2, 0.25) is 0 Å². The van der Waals surface area contributed by atoms with E-state index in [2.05, 4.69) is 15.9 Å². The first kappa shape index (κ1) is 14.8. The molecule has 0 heterocycles. The number of methoxy groups -OCH3 is 1. The molecule has 1 rings (SSSR count). The predicted molar refractivity (Wildman–Crippen MR) is 72.4 cm³/mol. The Kier molecular flexibility index (Phi) is 5.47. The summed E-state index contributed by atoms with van der Waals surface area (Å²) in [7, 11) is 1.57. The Morgan fingerprint density at radius 1 is 1.44 bits per heavy atom. The molecule has 0 amide bonds. The van der Waals surface area contributed by atoms with Gasteiger partial charge in [0.1, 0.15) is 0 Å². The lowest BCUT2D eigenvalue weighted by atomic mass is 10.1. The van der Waals surface area contributed by atoms with Gasteiger partial charge in [-0.2, -0.15) is 0 Å². The van der Waals surface area contributed by atoms with Gasteiger partial charge in [-0.25, -0.2) is 0 Å². The van der Waals surface area contributed by atoms with E-state index in [1.54, 1.807) is 7.11 Å². The normalized spacial score (nSPS) is 10.5. The lowest BCUT2D eigenvalue weighted by Gasteiger charge is -2.16. The van der Waals surface area contributed by atoms with Crippen LogP contribution in [-0.4, -0.2) is 24.3 Å². The van der Waals surface area contributed by atoms with Crippen LogP contribution in [0, 0.1) is 0 Å². The summed E-state index contributed by atoms with van der Waals surface area (Å²) in [5, 5.41) is 8.68. The van der Waals surface area contributed by atoms with Crippen molar-refractivity contribution < 1.29 is 19.4 Å². The zero-order valence-corrected chi connectivity index (χ0v) is 12.3. The van der Waals surface area contributed by atoms with Crippen molar-refractivity contribution in [3.8, 4) is 11.5 Å². The second kappa shape index (κ2) is 6.64. The fraction of sp³-hybridized carbons (Fsp3) is 0.462. The van der Waals surface area contributed by atoms with Gasteiger partial charge in [0.25, 0.3) is 0 Å². The molecular formula is C13H17BrO4. The summed E-state index contributed by atoms with van der Waals surface area (Å²) in [4.78, 5) is 10.6. The standard InChI is InChI=1S/C13H17BrO4/c1-8(2)18-13-10(14)6-9(4-5-12(15)16)7-11(13)17-3/h6-8H,4-5H2,1-3H3,(H,15,16). The SMILES string of the molecule is COc1cc(CCC(=O)O)cc(Br)c1OC(C)C. The summed E-state index contributed by atoms with van der Waals surface area (Å²) in [6.07, 6.45) is 0.603. The number of carbonyl (C=O) groups is 1. The number of carboxylic acids is 1. The highest BCUT2D eigenvalue weighted by Gasteiger charge is 2.13. The van der Waals surface area contributed by atoms with Gasteiger partial charge >= 0.3 is 5.97 Å². The van der Waals surface area contributed by atoms with Gasteiger partial charge in [0.05, 0.1) is 17.7 Å². The van der Waals surface area contributed by atoms with Crippen LogP contribution in [0.1, 0.15) is 25.8 Å². The molecule has 1 aromatic rings. The van der Waals surface area contributed by atoms with Gasteiger partial charge in [0, 0.05) is 6.42 Å². The highest BCUT2D eigenvalue weighted by Crippen LogP contribution is 2.37. The highest BCUT2D eigenvalue weighted by molar-refractivity contribution is 9.10. The van der Waals surface area contributed by atoms with Crippen molar-refractivity contribution in [3.63, 3.8) is 0 Å². The van der Waals surface area contributed by atoms with Crippen LogP contribution in [0.2, 0.25) is 0 Å². The monoisotopic (exact) mass is 316 g/mol. The van der Waals surface area contributed by atoms with Crippen LogP contribution in [0.3, 0.4) is 0 Å². The summed E-state index contributed by atoms with van der Waals surface area (Å²) in [5.74, 6) is 0.442. The fourth-order valence-corrected chi connectivity index (χ4v) is 2.10. The first-order valence-electron chi connectivity index (χ1n) is 5.69. The maximum Gasteiger partial charge on any atom is 0.303 e. The smallest absolute Gasteiger partial charge is 0.303 e. The molecule has 0 saturated heterocycles. The van der Waals surface area contributed by atoms with E-state index in [9.17, 15) is 4.79 Å². The fourth-order valence-electron chi connectivity index (χ4n) is 1.52. The summed E-state index contributed by atoms with van der Waals surface area (Å²) in [6.45, 7) is 3.87. The quantitative estimate of drug-likeness (QED) is 0.875. The second-order valence-electron chi connectivity index (χ2n) is 4.17. The van der Waals surface area contributed by atoms with Crippen LogP contribution in [0.15, 0.2) is 16.6 Å². The van der Waals surface area contributed by atoms with Crippen LogP contribution in [0.5, 0.6) is 11.5 Å². The summed E-state index contributed by atoms with van der Waals surface area (Å²) < 4.78 is 11.7. The molecule has 0 atom stereocenters. The van der Waals surface area contributed by atoms with Crippen LogP contribution in [0.25, 0.3) is 0 Å². The number of hydrogen-bond donors (Lipinski definition) is 1. The van der Waals surface area contributed by atoms with Gasteiger partial charge < -0.3 is 14.6 Å². The second-order valence-corrected chi connectivity index (χ2v) is 5.02. The topological polar surface area (TPSA) is 55.8 Å². The van der Waals surface area contributed by atoms with Crippen LogP contribution >= 0.6 is 15.9 Å². The average Bonchev–Trinajstić information content (AvgIpc) is 2.28. The van der Waals surface area contributed by atoms with E-state index in [0.717, 1.165) is 10.0 Å². The first-order chi connectivity index (χ1) is 8.43. The predicted octanol–water partition coefficient (Wildman–Crippen LogP) is 3.26. The van der Waals surface area contributed by atoms with E-state index in [0.29, 0.717) is 17.9 Å². The number of hydrogen-bond acceptors (Lipinski definition) is 3. The van der Waals surface area contributed by atoms with Gasteiger partial charge in [-0.15, -0.1) is 0 Å². The minimum atomic E-state index is -0.812. The van der Waals surface area contributed by atoms with Gasteiger partial charge in [-0.05, 0) is 53.9 Å². The van der Waals surface area contributed by atoms with Crippen molar-refractivity contribution in [2.24, 2.45) is 0 Å². The summed E-state index contributed by atoms with van der Waals surface area (Å²) >= 11 is 3.42. The third-order valence-electron chi connectivity index (χ3n) is 2.27. The molecule has 100 valence electrons. The van der Waals surface area contributed by atoms with E-state index < -0.39 is 5.97 Å². The molecule has 0 saturated carbocycles. The molecule has 1 N–H and O–H groups in total. The van der Waals surface area contributed by atoms with Crippen molar-refractivity contribution in [1.29, 1.82) is 0 Å². The van der Waals surface area contributed by atoms with E-state index in [1.807, 2.05) is 26.0 Å². The number of ether oxygens (including phenoxy) is 2. The van der Waals surface area contributed by atoms with Crippen molar-refractivity contribution in [2.45, 2.75) is 32.8 Å². The molecule has 18 heavy (non-hydrogen) atoms. The zero-order valence-electron chi connectivity index (χ0n) is 10.7. The van der Waals surface area contributed by atoms with E-state index in [-0.39, 0.29) is 12.5 Å². The Balaban J connectivity index is 2.98. The Bertz CT molecular complexity index is 429. The highest BCUT2D eigenvalue weighted by atomic mass is 79.9. The molecule has 0 bridgehead atoms. The van der Waals surface area contributed by atoms with Crippen LogP contribution in [0.4, 0.5) is 0 Å². The van der Waals surface area contributed by atoms with E-state index in [4.69, 9.17) is 14.6 Å². The number of benzene rings is 1. The van der Waals surface area contributed by atoms with Crippen molar-refractivity contribution in [1.82, 2.24) is 0 Å². The van der Waals surface area contributed by atoms with E-state index >= 15 is 0 Å². The third kappa shape index (κ3) is 4.22. The van der Waals surface area contributed by atoms with Crippen LogP contribution in [-0.2, 0) is 11.2 Å². The lowest BCUT2D eigenvalue weighted by molar-refractivity contribution is -0.136. The number of carboxylic acid groups (broad SMARTS) is 1. The maximum atomic E-state index is 10.6. The number of rotatable bonds is 6. The summed E-state index contributed by atoms with van der Waals surface area (Å²) in [5.41, 5.74) is 0.900. The molecule has 0 fully saturated rings. The Morgan fingerprint density at radius 3 is 2.61 bits per heavy atom. The minimum Gasteiger partial charge on any atom is -0.493 e. The summed E-state index contributed by atoms with van der Waals surface area (Å²) in [6, 6.07) is 3.68. The van der Waals surface area contributed by atoms with Crippen molar-refractivity contribution in [3.05, 3.63) is 22.2 Å². The lowest BCUT2D eigenvalue weighted by Crippen LogP contribution is -2.08. The molecule has 0 aliphatic carbocycles. The van der Waals surface area contributed by atoms with Crippen molar-refractivity contribution >= 4 is 21.9 Å². The Hall–Kier alpha value is -1.23. The molecule has 0 unspecified atom stereocenters. The average molecular weight is 317 g/mol. The first-order valence-corrected chi connectivity index (χ1v) is 6.48. The van der Waals surface area contributed by atoms with Gasteiger partial charge in [0.15, 0.2) is 11.5 Å². The number of halogens is 1. The molecule has 0 aliphatic heterocycles. The molecule has 0 aliphatic rings. The largest absolute Gasteiger partial charge is 0.493 e. The molecule has 0 spiro atoms. The molecule has 4 nitrogen and oxygen atoms in total. The van der Waals surface area contributed by atoms with Gasteiger partial charge in [-0.3, -0.25) is 4.79 Å². The number of aliphatic carboxylic acids is 1. The molecule has 0 aromatic heterocycles.